The first kappa shape index (κ1) is 15.3. The zero-order valence-electron chi connectivity index (χ0n) is 12.0. The minimum atomic E-state index is -0.889. The largest absolute Gasteiger partial charge is 0.481 e. The summed E-state index contributed by atoms with van der Waals surface area (Å²) in [7, 11) is 0. The number of nitrogens with one attached hydrogen (secondary N) is 1. The van der Waals surface area contributed by atoms with Gasteiger partial charge in [0.25, 0.3) is 0 Å². The molecule has 1 fully saturated rings. The fourth-order valence-electron chi connectivity index (χ4n) is 2.66. The first-order valence-corrected chi connectivity index (χ1v) is 7.24. The first-order valence-electron chi connectivity index (χ1n) is 7.24. The van der Waals surface area contributed by atoms with Gasteiger partial charge >= 0.3 is 5.97 Å². The SMILES string of the molecule is CCOc1ccc(NC(=O)C2CCCCC2C(=O)O)cn1. The van der Waals surface area contributed by atoms with Gasteiger partial charge in [-0.1, -0.05) is 12.8 Å². The normalized spacial score (nSPS) is 21.6. The van der Waals surface area contributed by atoms with Crippen molar-refractivity contribution < 1.29 is 19.4 Å². The first-order chi connectivity index (χ1) is 10.1. The summed E-state index contributed by atoms with van der Waals surface area (Å²) < 4.78 is 5.23. The summed E-state index contributed by atoms with van der Waals surface area (Å²) in [5.74, 6) is -1.69. The minimum Gasteiger partial charge on any atom is -0.481 e. The van der Waals surface area contributed by atoms with Crippen molar-refractivity contribution in [1.29, 1.82) is 0 Å². The highest BCUT2D eigenvalue weighted by molar-refractivity contribution is 5.95. The van der Waals surface area contributed by atoms with E-state index in [1.165, 1.54) is 6.20 Å². The number of carboxylic acid groups (broad SMARTS) is 1. The Kier molecular flexibility index (Phi) is 5.14. The number of rotatable bonds is 5. The van der Waals surface area contributed by atoms with E-state index in [-0.39, 0.29) is 5.91 Å². The predicted octanol–water partition coefficient (Wildman–Crippen LogP) is 2.31. The van der Waals surface area contributed by atoms with Crippen LogP contribution < -0.4 is 10.1 Å². The van der Waals surface area contributed by atoms with Crippen LogP contribution in [0.25, 0.3) is 0 Å². The van der Waals surface area contributed by atoms with Crippen molar-refractivity contribution >= 4 is 17.6 Å². The number of carboxylic acids is 1. The lowest BCUT2D eigenvalue weighted by atomic mass is 9.78. The highest BCUT2D eigenvalue weighted by Crippen LogP contribution is 2.31. The average Bonchev–Trinajstić information content (AvgIpc) is 2.49. The number of hydrogen-bond donors (Lipinski definition) is 2. The van der Waals surface area contributed by atoms with E-state index in [0.717, 1.165) is 12.8 Å². The monoisotopic (exact) mass is 292 g/mol. The number of pyridine rings is 1. The molecule has 0 spiro atoms. The van der Waals surface area contributed by atoms with E-state index in [1.807, 2.05) is 6.92 Å². The second-order valence-corrected chi connectivity index (χ2v) is 5.14. The average molecular weight is 292 g/mol. The number of anilines is 1. The van der Waals surface area contributed by atoms with Crippen LogP contribution in [0.1, 0.15) is 32.6 Å². The lowest BCUT2D eigenvalue weighted by molar-refractivity contribution is -0.147. The molecule has 0 saturated heterocycles. The third-order valence-electron chi connectivity index (χ3n) is 3.72. The van der Waals surface area contributed by atoms with Gasteiger partial charge in [-0.3, -0.25) is 9.59 Å². The van der Waals surface area contributed by atoms with Gasteiger partial charge in [0.2, 0.25) is 11.8 Å². The maximum atomic E-state index is 12.3. The van der Waals surface area contributed by atoms with Crippen LogP contribution in [-0.2, 0) is 9.59 Å². The number of amides is 1. The summed E-state index contributed by atoms with van der Waals surface area (Å²) in [6.45, 7) is 2.40. The highest BCUT2D eigenvalue weighted by Gasteiger charge is 2.35. The van der Waals surface area contributed by atoms with Gasteiger partial charge in [0.1, 0.15) is 0 Å². The van der Waals surface area contributed by atoms with Crippen molar-refractivity contribution in [2.24, 2.45) is 11.8 Å². The van der Waals surface area contributed by atoms with Crippen LogP contribution in [-0.4, -0.2) is 28.6 Å². The molecule has 0 aromatic carbocycles. The molecule has 6 heteroatoms. The van der Waals surface area contributed by atoms with Gasteiger partial charge in [0.15, 0.2) is 0 Å². The second-order valence-electron chi connectivity index (χ2n) is 5.14. The van der Waals surface area contributed by atoms with E-state index in [0.29, 0.717) is 31.0 Å². The van der Waals surface area contributed by atoms with Crippen molar-refractivity contribution in [3.63, 3.8) is 0 Å². The molecule has 1 amide bonds. The molecule has 2 rings (SSSR count). The molecule has 21 heavy (non-hydrogen) atoms. The zero-order chi connectivity index (χ0) is 15.2. The Morgan fingerprint density at radius 1 is 1.33 bits per heavy atom. The molecule has 1 aliphatic carbocycles. The molecular formula is C15H20N2O4. The summed E-state index contributed by atoms with van der Waals surface area (Å²) in [6.07, 6.45) is 4.46. The number of carbonyl (C=O) groups excluding carboxylic acids is 1. The second kappa shape index (κ2) is 7.06. The van der Waals surface area contributed by atoms with Gasteiger partial charge in [0, 0.05) is 6.07 Å². The van der Waals surface area contributed by atoms with Crippen molar-refractivity contribution in [3.8, 4) is 5.88 Å². The summed E-state index contributed by atoms with van der Waals surface area (Å²) in [6, 6.07) is 3.38. The summed E-state index contributed by atoms with van der Waals surface area (Å²) in [4.78, 5) is 27.6. The quantitative estimate of drug-likeness (QED) is 0.869. The molecule has 1 aliphatic rings. The Bertz CT molecular complexity index is 501. The van der Waals surface area contributed by atoms with Gasteiger partial charge in [-0.25, -0.2) is 4.98 Å². The molecule has 0 bridgehead atoms. The molecule has 6 nitrogen and oxygen atoms in total. The Labute approximate surface area is 123 Å². The Morgan fingerprint density at radius 2 is 2.05 bits per heavy atom. The van der Waals surface area contributed by atoms with Crippen LogP contribution in [0.2, 0.25) is 0 Å². The number of hydrogen-bond acceptors (Lipinski definition) is 4. The third kappa shape index (κ3) is 3.93. The molecule has 114 valence electrons. The molecular weight excluding hydrogens is 272 g/mol. The predicted molar refractivity (Wildman–Crippen MR) is 77.1 cm³/mol. The van der Waals surface area contributed by atoms with Gasteiger partial charge in [-0.2, -0.15) is 0 Å². The fraction of sp³-hybridized carbons (Fsp3) is 0.533. The van der Waals surface area contributed by atoms with Crippen LogP contribution >= 0.6 is 0 Å². The van der Waals surface area contributed by atoms with Gasteiger partial charge in [-0.05, 0) is 25.8 Å². The van der Waals surface area contributed by atoms with E-state index >= 15 is 0 Å². The van der Waals surface area contributed by atoms with Crippen LogP contribution in [0.5, 0.6) is 5.88 Å². The van der Waals surface area contributed by atoms with Crippen molar-refractivity contribution in [2.45, 2.75) is 32.6 Å². The topological polar surface area (TPSA) is 88.5 Å². The van der Waals surface area contributed by atoms with E-state index < -0.39 is 17.8 Å². The minimum absolute atomic E-state index is 0.243. The fourth-order valence-corrected chi connectivity index (χ4v) is 2.66. The standard InChI is InChI=1S/C15H20N2O4/c1-2-21-13-8-7-10(9-16-13)17-14(18)11-5-3-4-6-12(11)15(19)20/h7-9,11-12H,2-6H2,1H3,(H,17,18)(H,19,20). The Hall–Kier alpha value is -2.11. The molecule has 1 saturated carbocycles. The number of aliphatic carboxylic acids is 1. The van der Waals surface area contributed by atoms with Crippen LogP contribution in [0, 0.1) is 11.8 Å². The van der Waals surface area contributed by atoms with Crippen LogP contribution in [0.15, 0.2) is 18.3 Å². The highest BCUT2D eigenvalue weighted by atomic mass is 16.5. The molecule has 0 aliphatic heterocycles. The molecule has 1 aromatic rings. The maximum Gasteiger partial charge on any atom is 0.307 e. The lowest BCUT2D eigenvalue weighted by Crippen LogP contribution is -2.36. The molecule has 0 radical (unpaired) electrons. The van der Waals surface area contributed by atoms with Crippen LogP contribution in [0.3, 0.4) is 0 Å². The van der Waals surface area contributed by atoms with E-state index in [9.17, 15) is 14.7 Å². The maximum absolute atomic E-state index is 12.3. The molecule has 2 atom stereocenters. The van der Waals surface area contributed by atoms with Crippen molar-refractivity contribution in [3.05, 3.63) is 18.3 Å². The number of nitrogens with zero attached hydrogens (tertiary/aromatic N) is 1. The molecule has 1 heterocycles. The lowest BCUT2D eigenvalue weighted by Gasteiger charge is -2.27. The molecule has 2 unspecified atom stereocenters. The van der Waals surface area contributed by atoms with Gasteiger partial charge in [0.05, 0.1) is 30.3 Å². The van der Waals surface area contributed by atoms with E-state index in [1.54, 1.807) is 12.1 Å². The van der Waals surface area contributed by atoms with Gasteiger partial charge in [-0.15, -0.1) is 0 Å². The van der Waals surface area contributed by atoms with Crippen molar-refractivity contribution in [1.82, 2.24) is 4.98 Å². The smallest absolute Gasteiger partial charge is 0.307 e. The summed E-state index contributed by atoms with van der Waals surface area (Å²) in [5, 5.41) is 12.0. The zero-order valence-corrected chi connectivity index (χ0v) is 12.0. The Balaban J connectivity index is 2.00. The van der Waals surface area contributed by atoms with Gasteiger partial charge < -0.3 is 15.2 Å². The van der Waals surface area contributed by atoms with E-state index in [4.69, 9.17) is 4.74 Å². The third-order valence-corrected chi connectivity index (χ3v) is 3.72. The summed E-state index contributed by atoms with van der Waals surface area (Å²) in [5.41, 5.74) is 0.554. The molecule has 1 aromatic heterocycles. The number of carbonyl (C=O) groups is 2. The van der Waals surface area contributed by atoms with Crippen molar-refractivity contribution in [2.75, 3.05) is 11.9 Å². The van der Waals surface area contributed by atoms with E-state index in [2.05, 4.69) is 10.3 Å². The number of aromatic nitrogens is 1. The summed E-state index contributed by atoms with van der Waals surface area (Å²) >= 11 is 0. The number of ether oxygens (including phenoxy) is 1. The Morgan fingerprint density at radius 3 is 2.62 bits per heavy atom. The van der Waals surface area contributed by atoms with Crippen LogP contribution in [0.4, 0.5) is 5.69 Å². The molecule has 2 N–H and O–H groups in total.